The fourth-order valence-electron chi connectivity index (χ4n) is 0.554. The zero-order chi connectivity index (χ0) is 4.41. The van der Waals surface area contributed by atoms with E-state index in [1.807, 2.05) is 0 Å². The van der Waals surface area contributed by atoms with E-state index in [1.165, 1.54) is 12.0 Å². The Kier molecular flexibility index (Phi) is 3.39. The molecular formula is C6H8Mg. The molecule has 0 nitrogen and oxygen atoms in total. The highest BCUT2D eigenvalue weighted by Crippen LogP contribution is 2.06. The molecule has 0 atom stereocenters. The van der Waals surface area contributed by atoms with Crippen LogP contribution in [-0.4, -0.2) is 23.1 Å². The van der Waals surface area contributed by atoms with Crippen LogP contribution >= 0.6 is 0 Å². The van der Waals surface area contributed by atoms with Gasteiger partial charge < -0.3 is 0 Å². The smallest absolute Gasteiger partial charge is 0 e. The highest BCUT2D eigenvalue weighted by molar-refractivity contribution is 5.75. The first-order valence-electron chi connectivity index (χ1n) is 2.22. The van der Waals surface area contributed by atoms with Crippen LogP contribution in [0.15, 0.2) is 23.8 Å². The topological polar surface area (TPSA) is 0 Å². The van der Waals surface area contributed by atoms with Crippen LogP contribution in [0.25, 0.3) is 0 Å². The summed E-state index contributed by atoms with van der Waals surface area (Å²) in [6, 6.07) is 0. The normalized spacial score (nSPS) is 15.9. The molecule has 1 heteroatoms. The van der Waals surface area contributed by atoms with Gasteiger partial charge in [-0.05, 0) is 13.3 Å². The largest absolute Gasteiger partial charge is 0.0805 e. The number of hydrogen-bond acceptors (Lipinski definition) is 0. The molecule has 0 spiro atoms. The lowest BCUT2D eigenvalue weighted by atomic mass is 10.3. The Morgan fingerprint density at radius 1 is 1.57 bits per heavy atom. The molecule has 0 aromatic rings. The second-order valence-electron chi connectivity index (χ2n) is 1.65. The zero-order valence-electron chi connectivity index (χ0n) is 4.65. The lowest BCUT2D eigenvalue weighted by Gasteiger charge is -1.78. The summed E-state index contributed by atoms with van der Waals surface area (Å²) in [5.74, 6) is 0. The fourth-order valence-corrected chi connectivity index (χ4v) is 0.554. The molecule has 0 fully saturated rings. The lowest BCUT2D eigenvalue weighted by Crippen LogP contribution is -1.58. The molecule has 0 saturated heterocycles. The molecule has 2 radical (unpaired) electrons. The molecule has 7 heavy (non-hydrogen) atoms. The van der Waals surface area contributed by atoms with E-state index in [9.17, 15) is 0 Å². The maximum absolute atomic E-state index is 2.16. The Labute approximate surface area is 60.4 Å². The van der Waals surface area contributed by atoms with Gasteiger partial charge in [0.25, 0.3) is 0 Å². The van der Waals surface area contributed by atoms with Gasteiger partial charge in [0, 0.05) is 23.1 Å². The van der Waals surface area contributed by atoms with E-state index in [1.54, 1.807) is 0 Å². The fraction of sp³-hybridized carbons (Fsp3) is 0.333. The molecule has 34 valence electrons. The SMILES string of the molecule is CC1=CC=CC1.[Mg]. The molecule has 0 heterocycles. The van der Waals surface area contributed by atoms with E-state index >= 15 is 0 Å². The highest BCUT2D eigenvalue weighted by atomic mass is 24.3. The standard InChI is InChI=1S/C6H8.Mg/c1-6-4-2-3-5-6;/h2-4H,5H2,1H3;. The van der Waals surface area contributed by atoms with Crippen LogP contribution in [0.1, 0.15) is 13.3 Å². The van der Waals surface area contributed by atoms with Crippen LogP contribution in [0, 0.1) is 0 Å². The molecule has 0 amide bonds. The third-order valence-electron chi connectivity index (χ3n) is 0.957. The summed E-state index contributed by atoms with van der Waals surface area (Å²) in [5.41, 5.74) is 1.47. The Morgan fingerprint density at radius 3 is 2.43 bits per heavy atom. The number of rotatable bonds is 0. The van der Waals surface area contributed by atoms with E-state index in [4.69, 9.17) is 0 Å². The van der Waals surface area contributed by atoms with Crippen molar-refractivity contribution in [2.45, 2.75) is 13.3 Å². The minimum Gasteiger partial charge on any atom is -0.0805 e. The van der Waals surface area contributed by atoms with Gasteiger partial charge in [0.05, 0.1) is 0 Å². The molecule has 0 aromatic carbocycles. The first-order valence-corrected chi connectivity index (χ1v) is 2.22. The minimum absolute atomic E-state index is 0. The van der Waals surface area contributed by atoms with Crippen molar-refractivity contribution in [2.24, 2.45) is 0 Å². The minimum atomic E-state index is 0. The van der Waals surface area contributed by atoms with Gasteiger partial charge in [-0.3, -0.25) is 0 Å². The molecule has 1 rings (SSSR count). The second kappa shape index (κ2) is 3.27. The van der Waals surface area contributed by atoms with Crippen LogP contribution in [-0.2, 0) is 0 Å². The van der Waals surface area contributed by atoms with Gasteiger partial charge in [-0.25, -0.2) is 0 Å². The van der Waals surface area contributed by atoms with E-state index < -0.39 is 0 Å². The van der Waals surface area contributed by atoms with Crippen LogP contribution in [0.4, 0.5) is 0 Å². The summed E-state index contributed by atoms with van der Waals surface area (Å²) in [5, 5.41) is 0. The van der Waals surface area contributed by atoms with Crippen molar-refractivity contribution >= 4 is 23.1 Å². The number of hydrogen-bond donors (Lipinski definition) is 0. The van der Waals surface area contributed by atoms with Crippen molar-refractivity contribution in [3.63, 3.8) is 0 Å². The molecule has 1 aliphatic rings. The molecule has 0 bridgehead atoms. The van der Waals surface area contributed by atoms with Gasteiger partial charge in [-0.15, -0.1) is 0 Å². The van der Waals surface area contributed by atoms with E-state index in [0.29, 0.717) is 0 Å². The van der Waals surface area contributed by atoms with Gasteiger partial charge in [-0.2, -0.15) is 0 Å². The maximum atomic E-state index is 2.16. The Morgan fingerprint density at radius 2 is 2.29 bits per heavy atom. The van der Waals surface area contributed by atoms with Crippen molar-refractivity contribution < 1.29 is 0 Å². The quantitative estimate of drug-likeness (QED) is 0.409. The average Bonchev–Trinajstić information content (AvgIpc) is 1.86. The van der Waals surface area contributed by atoms with Crippen molar-refractivity contribution in [3.8, 4) is 0 Å². The first-order chi connectivity index (χ1) is 2.89. The Balaban J connectivity index is 0.000000360. The van der Waals surface area contributed by atoms with Gasteiger partial charge in [0.15, 0.2) is 0 Å². The van der Waals surface area contributed by atoms with Gasteiger partial charge >= 0.3 is 0 Å². The van der Waals surface area contributed by atoms with Crippen LogP contribution in [0.3, 0.4) is 0 Å². The molecule has 0 saturated carbocycles. The predicted octanol–water partition coefficient (Wildman–Crippen LogP) is 1.51. The molecule has 0 unspecified atom stereocenters. The molecule has 1 aliphatic carbocycles. The second-order valence-corrected chi connectivity index (χ2v) is 1.65. The Bertz CT molecular complexity index is 101. The highest BCUT2D eigenvalue weighted by Gasteiger charge is 1.86. The third-order valence-corrected chi connectivity index (χ3v) is 0.957. The first kappa shape index (κ1) is 7.25. The zero-order valence-corrected chi connectivity index (χ0v) is 6.06. The summed E-state index contributed by atoms with van der Waals surface area (Å²) >= 11 is 0. The van der Waals surface area contributed by atoms with Gasteiger partial charge in [0.2, 0.25) is 0 Å². The molecule has 0 aliphatic heterocycles. The van der Waals surface area contributed by atoms with Crippen molar-refractivity contribution in [3.05, 3.63) is 23.8 Å². The van der Waals surface area contributed by atoms with Crippen LogP contribution < -0.4 is 0 Å². The van der Waals surface area contributed by atoms with Gasteiger partial charge in [0.1, 0.15) is 0 Å². The van der Waals surface area contributed by atoms with Crippen LogP contribution in [0.2, 0.25) is 0 Å². The molecule has 0 aromatic heterocycles. The van der Waals surface area contributed by atoms with Crippen LogP contribution in [0.5, 0.6) is 0 Å². The van der Waals surface area contributed by atoms with E-state index in [2.05, 4.69) is 25.2 Å². The van der Waals surface area contributed by atoms with E-state index in [0.717, 1.165) is 0 Å². The Hall–Kier alpha value is 0.246. The van der Waals surface area contributed by atoms with Gasteiger partial charge in [-0.1, -0.05) is 23.8 Å². The van der Waals surface area contributed by atoms with Crippen molar-refractivity contribution in [1.29, 1.82) is 0 Å². The molecule has 0 N–H and O–H groups in total. The average molecular weight is 104 g/mol. The number of allylic oxidation sites excluding steroid dienone is 4. The lowest BCUT2D eigenvalue weighted by molar-refractivity contribution is 1.25. The van der Waals surface area contributed by atoms with Crippen molar-refractivity contribution in [1.82, 2.24) is 0 Å². The summed E-state index contributed by atoms with van der Waals surface area (Å²) in [6.07, 6.45) is 7.56. The summed E-state index contributed by atoms with van der Waals surface area (Å²) < 4.78 is 0. The summed E-state index contributed by atoms with van der Waals surface area (Å²) in [6.45, 7) is 2.14. The summed E-state index contributed by atoms with van der Waals surface area (Å²) in [7, 11) is 0. The van der Waals surface area contributed by atoms with Crippen molar-refractivity contribution in [2.75, 3.05) is 0 Å². The molecular weight excluding hydrogens is 96.4 g/mol. The third kappa shape index (κ3) is 2.14. The van der Waals surface area contributed by atoms with E-state index in [-0.39, 0.29) is 23.1 Å². The summed E-state index contributed by atoms with van der Waals surface area (Å²) in [4.78, 5) is 0. The monoisotopic (exact) mass is 104 g/mol. The maximum Gasteiger partial charge on any atom is 0 e. The predicted molar refractivity (Wildman–Crippen MR) is 33.3 cm³/mol.